The van der Waals surface area contributed by atoms with Crippen LogP contribution >= 0.6 is 11.3 Å². The maximum atomic E-state index is 16.0. The van der Waals surface area contributed by atoms with E-state index >= 15 is 4.79 Å². The van der Waals surface area contributed by atoms with Gasteiger partial charge in [-0.2, -0.15) is 0 Å². The molecule has 0 saturated carbocycles. The van der Waals surface area contributed by atoms with Gasteiger partial charge in [0.15, 0.2) is 33.3 Å². The first-order chi connectivity index (χ1) is 30.6. The predicted octanol–water partition coefficient (Wildman–Crippen LogP) is 18.0. The highest BCUT2D eigenvalue weighted by molar-refractivity contribution is 7.09. The van der Waals surface area contributed by atoms with Gasteiger partial charge in [0.25, 0.3) is 0 Å². The number of allylic oxidation sites excluding steroid dienone is 1. The lowest BCUT2D eigenvalue weighted by molar-refractivity contribution is -0.141. The van der Waals surface area contributed by atoms with Crippen LogP contribution < -0.4 is 0 Å². The van der Waals surface area contributed by atoms with E-state index in [1.165, 1.54) is 16.7 Å². The summed E-state index contributed by atoms with van der Waals surface area (Å²) in [6, 6.07) is 10.6. The Morgan fingerprint density at radius 2 is 1.21 bits per heavy atom. The minimum atomic E-state index is -2.35. The van der Waals surface area contributed by atoms with Crippen molar-refractivity contribution >= 4 is 56.5 Å². The molecule has 1 aromatic heterocycles. The summed E-state index contributed by atoms with van der Waals surface area (Å²) in [5.74, 6) is 0.0333. The third-order valence-electron chi connectivity index (χ3n) is 16.8. The van der Waals surface area contributed by atoms with Crippen molar-refractivity contribution in [3.63, 3.8) is 0 Å². The van der Waals surface area contributed by atoms with Gasteiger partial charge in [-0.25, -0.2) is 4.98 Å². The van der Waals surface area contributed by atoms with Gasteiger partial charge in [-0.05, 0) is 155 Å². The first-order valence-electron chi connectivity index (χ1n) is 26.1. The van der Waals surface area contributed by atoms with Gasteiger partial charge in [-0.15, -0.1) is 11.3 Å². The van der Waals surface area contributed by atoms with Gasteiger partial charge in [0.05, 0.1) is 29.0 Å². The molecule has 390 valence electrons. The smallest absolute Gasteiger partial charge is 0.192 e. The summed E-state index contributed by atoms with van der Waals surface area (Å²) < 4.78 is 29.0. The molecule has 0 radical (unpaired) electrons. The third-order valence-corrected chi connectivity index (χ3v) is 35.6. The number of ketones is 1. The number of aryl methyl sites for hydroxylation is 1. The van der Waals surface area contributed by atoms with Crippen molar-refractivity contribution < 1.29 is 22.5 Å². The molecule has 0 unspecified atom stereocenters. The SMILES string of the molecule is CC(=CC[C@H](O[Si](C)(C)C(C)(C)C)C(C)=Cc1csc(C)n1)CCC[C@H](C)[C@H](O[Si](C)(C)C(C)(C)C)[C@@H](Cc1ccccc1)C(=O)C(C)(C)[C@H](CCO[Si](C)(C)C(C)(C)C)O[Si](C)(C)C(C)(C)C. The highest BCUT2D eigenvalue weighted by atomic mass is 32.1. The summed E-state index contributed by atoms with van der Waals surface area (Å²) in [6.07, 6.45) is 9.15. The van der Waals surface area contributed by atoms with Crippen LogP contribution in [0.15, 0.2) is 52.9 Å². The molecule has 0 aliphatic rings. The van der Waals surface area contributed by atoms with E-state index < -0.39 is 38.7 Å². The van der Waals surface area contributed by atoms with Crippen LogP contribution in [-0.4, -0.2) is 69.0 Å². The first kappa shape index (κ1) is 62.8. The molecule has 2 rings (SSSR count). The summed E-state index contributed by atoms with van der Waals surface area (Å²) in [4.78, 5) is 20.8. The lowest BCUT2D eigenvalue weighted by atomic mass is 9.70. The molecule has 0 amide bonds. The van der Waals surface area contributed by atoms with Crippen LogP contribution in [0.25, 0.3) is 6.08 Å². The van der Waals surface area contributed by atoms with Crippen LogP contribution in [0.3, 0.4) is 0 Å². The van der Waals surface area contributed by atoms with Crippen molar-refractivity contribution in [2.45, 2.75) is 254 Å². The highest BCUT2D eigenvalue weighted by Crippen LogP contribution is 2.46. The van der Waals surface area contributed by atoms with E-state index in [4.69, 9.17) is 22.7 Å². The zero-order chi connectivity index (χ0) is 52.7. The summed E-state index contributed by atoms with van der Waals surface area (Å²) >= 11 is 1.69. The topological polar surface area (TPSA) is 66.9 Å². The van der Waals surface area contributed by atoms with Crippen molar-refractivity contribution in [2.75, 3.05) is 6.61 Å². The number of carbonyl (C=O) groups is 1. The third kappa shape index (κ3) is 18.0. The van der Waals surface area contributed by atoms with E-state index in [2.05, 4.69) is 225 Å². The maximum Gasteiger partial charge on any atom is 0.192 e. The van der Waals surface area contributed by atoms with E-state index in [-0.39, 0.29) is 56.1 Å². The summed E-state index contributed by atoms with van der Waals surface area (Å²) in [7, 11) is -8.73. The number of hydrogen-bond donors (Lipinski definition) is 0. The van der Waals surface area contributed by atoms with Crippen LogP contribution in [0, 0.1) is 24.2 Å². The predicted molar refractivity (Wildman–Crippen MR) is 308 cm³/mol. The van der Waals surface area contributed by atoms with Crippen LogP contribution in [0.2, 0.25) is 72.5 Å². The van der Waals surface area contributed by atoms with Gasteiger partial charge in [0.1, 0.15) is 5.78 Å². The number of benzene rings is 1. The molecular formula is C57H105NO5SSi4. The van der Waals surface area contributed by atoms with Gasteiger partial charge < -0.3 is 17.7 Å². The molecule has 5 atom stereocenters. The van der Waals surface area contributed by atoms with Crippen LogP contribution in [0.5, 0.6) is 0 Å². The van der Waals surface area contributed by atoms with E-state index in [9.17, 15) is 0 Å². The fraction of sp³-hybridized carbons (Fsp3) is 0.754. The Kier molecular flexibility index (Phi) is 22.3. The highest BCUT2D eigenvalue weighted by Gasteiger charge is 2.51. The fourth-order valence-electron chi connectivity index (χ4n) is 7.62. The molecule has 0 aliphatic carbocycles. The van der Waals surface area contributed by atoms with Gasteiger partial charge in [-0.3, -0.25) is 4.79 Å². The maximum absolute atomic E-state index is 16.0. The Hall–Kier alpha value is -1.29. The molecule has 0 fully saturated rings. The lowest BCUT2D eigenvalue weighted by Crippen LogP contribution is -2.55. The zero-order valence-corrected chi connectivity index (χ0v) is 53.7. The minimum absolute atomic E-state index is 0.00897. The average molecular weight is 1030 g/mol. The Labute approximate surface area is 428 Å². The Bertz CT molecular complexity index is 1940. The summed E-state index contributed by atoms with van der Waals surface area (Å²) in [5.41, 5.74) is 3.99. The van der Waals surface area contributed by atoms with Crippen molar-refractivity contribution in [3.05, 3.63) is 69.2 Å². The Morgan fingerprint density at radius 3 is 1.69 bits per heavy atom. The fourth-order valence-corrected chi connectivity index (χ4v) is 13.5. The van der Waals surface area contributed by atoms with Crippen LogP contribution in [0.1, 0.15) is 166 Å². The second kappa shape index (κ2) is 24.2. The second-order valence-corrected chi connectivity index (χ2v) is 47.3. The molecule has 2 aromatic rings. The molecule has 1 heterocycles. The van der Waals surface area contributed by atoms with Gasteiger partial charge >= 0.3 is 0 Å². The number of hydrogen-bond acceptors (Lipinski definition) is 7. The van der Waals surface area contributed by atoms with Gasteiger partial charge in [-0.1, -0.05) is 146 Å². The molecular weight excluding hydrogens is 923 g/mol. The van der Waals surface area contributed by atoms with Crippen LogP contribution in [-0.2, 0) is 28.9 Å². The normalized spacial score (nSPS) is 17.0. The quantitative estimate of drug-likeness (QED) is 0.0729. The number of thiazole rings is 1. The molecule has 0 saturated heterocycles. The van der Waals surface area contributed by atoms with Crippen LogP contribution in [0.4, 0.5) is 0 Å². The number of aromatic nitrogens is 1. The molecule has 11 heteroatoms. The monoisotopic (exact) mass is 1030 g/mol. The first-order valence-corrected chi connectivity index (χ1v) is 38.6. The minimum Gasteiger partial charge on any atom is -0.417 e. The average Bonchev–Trinajstić information content (AvgIpc) is 3.59. The molecule has 6 nitrogen and oxygen atoms in total. The van der Waals surface area contributed by atoms with Gasteiger partial charge in [0.2, 0.25) is 0 Å². The zero-order valence-electron chi connectivity index (χ0n) is 48.9. The number of carbonyl (C=O) groups excluding carboxylic acids is 1. The molecule has 68 heavy (non-hydrogen) atoms. The Balaban J connectivity index is 2.63. The van der Waals surface area contributed by atoms with Gasteiger partial charge in [0, 0.05) is 23.3 Å². The summed E-state index contributed by atoms with van der Waals surface area (Å²) in [6.45, 7) is 60.1. The number of Topliss-reactive ketones (excluding diaryl/α,β-unsaturated/α-hetero) is 1. The molecule has 0 aliphatic heterocycles. The molecule has 0 spiro atoms. The molecule has 0 N–H and O–H groups in total. The molecule has 1 aromatic carbocycles. The molecule has 0 bridgehead atoms. The van der Waals surface area contributed by atoms with Crippen molar-refractivity contribution in [1.29, 1.82) is 0 Å². The summed E-state index contributed by atoms with van der Waals surface area (Å²) in [5, 5.41) is 3.37. The van der Waals surface area contributed by atoms with Crippen molar-refractivity contribution in [1.82, 2.24) is 4.98 Å². The van der Waals surface area contributed by atoms with E-state index in [0.29, 0.717) is 19.4 Å². The largest absolute Gasteiger partial charge is 0.417 e. The number of rotatable bonds is 25. The standard InChI is InChI=1S/C57H105NO5SSi4/c1-42(35-36-49(61-66(21,22)54(8,9)10)44(3)39-47-41-64-45(4)58-47)31-30-32-43(2)51(63-68(25,26)56(14,15)16)48(40-46-33-28-27-29-34-46)52(59)57(17,18)50(62-67(23,24)55(11,12)13)37-38-60-65(19,20)53(5,6)7/h27-29,33-35,39,41,43,48-51H,30-32,36-38,40H2,1-26H3/t43-,48+,49-,50-,51-/m0/s1. The van der Waals surface area contributed by atoms with Crippen molar-refractivity contribution in [2.24, 2.45) is 17.3 Å². The number of nitrogens with zero attached hydrogens (tertiary/aromatic N) is 1. The van der Waals surface area contributed by atoms with Crippen molar-refractivity contribution in [3.8, 4) is 0 Å². The van der Waals surface area contributed by atoms with E-state index in [1.54, 1.807) is 11.3 Å². The second-order valence-electron chi connectivity index (χ2n) is 27.2. The van der Waals surface area contributed by atoms with E-state index in [1.807, 2.05) is 0 Å². The Morgan fingerprint density at radius 1 is 0.706 bits per heavy atom. The van der Waals surface area contributed by atoms with E-state index in [0.717, 1.165) is 36.4 Å². The lowest BCUT2D eigenvalue weighted by Gasteiger charge is -2.47.